The van der Waals surface area contributed by atoms with E-state index in [1.807, 2.05) is 0 Å². The normalized spacial score (nSPS) is 44.7. The SMILES string of the molecule is C[C@@]1(O)[C@H](O)C2(CC2O)O[C@H]1n1ccc(N)nc1=O. The number of rotatable bonds is 1. The molecule has 0 amide bonds. The third-order valence-corrected chi connectivity index (χ3v) is 3.87. The van der Waals surface area contributed by atoms with Gasteiger partial charge in [-0.05, 0) is 13.0 Å². The van der Waals surface area contributed by atoms with E-state index in [0.717, 1.165) is 4.57 Å². The summed E-state index contributed by atoms with van der Waals surface area (Å²) in [7, 11) is 0. The van der Waals surface area contributed by atoms with Crippen LogP contribution in [0.1, 0.15) is 19.6 Å². The molecule has 104 valence electrons. The summed E-state index contributed by atoms with van der Waals surface area (Å²) in [6, 6.07) is 1.39. The van der Waals surface area contributed by atoms with Crippen LogP contribution in [0.15, 0.2) is 17.1 Å². The predicted molar refractivity (Wildman–Crippen MR) is 63.0 cm³/mol. The lowest BCUT2D eigenvalue weighted by Crippen LogP contribution is -2.46. The van der Waals surface area contributed by atoms with Crippen molar-refractivity contribution in [2.45, 2.75) is 43.0 Å². The van der Waals surface area contributed by atoms with Crippen LogP contribution in [-0.4, -0.2) is 48.3 Å². The highest BCUT2D eigenvalue weighted by Gasteiger charge is 2.73. The van der Waals surface area contributed by atoms with Gasteiger partial charge in [-0.15, -0.1) is 0 Å². The van der Waals surface area contributed by atoms with E-state index < -0.39 is 35.3 Å². The average Bonchev–Trinajstić information content (AvgIpc) is 2.92. The molecule has 1 saturated carbocycles. The first kappa shape index (κ1) is 12.5. The van der Waals surface area contributed by atoms with Crippen LogP contribution in [0.2, 0.25) is 0 Å². The maximum Gasteiger partial charge on any atom is 0.351 e. The molecule has 0 bridgehead atoms. The molecule has 8 heteroatoms. The molecular formula is C11H15N3O5. The number of hydrogen-bond acceptors (Lipinski definition) is 7. The molecule has 19 heavy (non-hydrogen) atoms. The summed E-state index contributed by atoms with van der Waals surface area (Å²) in [5, 5.41) is 30.0. The second-order valence-electron chi connectivity index (χ2n) is 5.32. The Morgan fingerprint density at radius 2 is 2.21 bits per heavy atom. The molecule has 1 aromatic heterocycles. The molecule has 5 atom stereocenters. The van der Waals surface area contributed by atoms with E-state index in [0.29, 0.717) is 0 Å². The quantitative estimate of drug-likeness (QED) is 0.462. The Morgan fingerprint density at radius 3 is 2.68 bits per heavy atom. The van der Waals surface area contributed by atoms with E-state index in [1.54, 1.807) is 0 Å². The Bertz CT molecular complexity index is 586. The van der Waals surface area contributed by atoms with Gasteiger partial charge in [0.15, 0.2) is 6.23 Å². The Labute approximate surface area is 108 Å². The molecule has 2 fully saturated rings. The number of ether oxygens (including phenoxy) is 1. The smallest absolute Gasteiger partial charge is 0.351 e. The fraction of sp³-hybridized carbons (Fsp3) is 0.636. The number of aromatic nitrogens is 2. The van der Waals surface area contributed by atoms with Crippen molar-refractivity contribution in [3.63, 3.8) is 0 Å². The van der Waals surface area contributed by atoms with Crippen LogP contribution < -0.4 is 11.4 Å². The summed E-state index contributed by atoms with van der Waals surface area (Å²) in [6.07, 6.45) is -1.71. The number of nitrogen functional groups attached to an aromatic ring is 1. The number of nitrogens with two attached hydrogens (primary N) is 1. The van der Waals surface area contributed by atoms with Gasteiger partial charge in [0.25, 0.3) is 0 Å². The lowest BCUT2D eigenvalue weighted by molar-refractivity contribution is -0.100. The third-order valence-electron chi connectivity index (χ3n) is 3.87. The summed E-state index contributed by atoms with van der Waals surface area (Å²) in [5.41, 5.74) is 1.79. The standard InChI is InChI=1S/C11H15N3O5/c1-10(18)7(16)11(4-5(11)15)19-8(10)14-3-2-6(12)13-9(14)17/h2-3,5,7-8,15-16,18H,4H2,1H3,(H2,12,13,17)/t5?,7-,8+,10+,11?/m0/s1. The highest BCUT2D eigenvalue weighted by Crippen LogP contribution is 2.56. The summed E-state index contributed by atoms with van der Waals surface area (Å²) < 4.78 is 6.59. The molecule has 1 aliphatic carbocycles. The van der Waals surface area contributed by atoms with Gasteiger partial charge in [0, 0.05) is 12.6 Å². The second-order valence-corrected chi connectivity index (χ2v) is 5.32. The molecule has 2 aliphatic rings. The summed E-state index contributed by atoms with van der Waals surface area (Å²) in [5.74, 6) is 0.0561. The van der Waals surface area contributed by atoms with Gasteiger partial charge in [-0.2, -0.15) is 4.98 Å². The monoisotopic (exact) mass is 269 g/mol. The van der Waals surface area contributed by atoms with Crippen molar-refractivity contribution in [1.29, 1.82) is 0 Å². The van der Waals surface area contributed by atoms with Crippen molar-refractivity contribution in [3.05, 3.63) is 22.7 Å². The molecule has 1 spiro atoms. The average molecular weight is 269 g/mol. The number of aliphatic hydroxyl groups is 3. The zero-order chi connectivity index (χ0) is 14.0. The van der Waals surface area contributed by atoms with Gasteiger partial charge >= 0.3 is 5.69 Å². The topological polar surface area (TPSA) is 131 Å². The van der Waals surface area contributed by atoms with Crippen molar-refractivity contribution in [2.24, 2.45) is 0 Å². The molecule has 1 aromatic rings. The van der Waals surface area contributed by atoms with Crippen molar-refractivity contribution in [3.8, 4) is 0 Å². The number of hydrogen-bond donors (Lipinski definition) is 4. The number of anilines is 1. The highest BCUT2D eigenvalue weighted by molar-refractivity contribution is 5.25. The number of aliphatic hydroxyl groups excluding tert-OH is 2. The minimum absolute atomic E-state index is 0.0561. The summed E-state index contributed by atoms with van der Waals surface area (Å²) in [4.78, 5) is 15.3. The Balaban J connectivity index is 2.04. The van der Waals surface area contributed by atoms with E-state index in [4.69, 9.17) is 10.5 Å². The zero-order valence-electron chi connectivity index (χ0n) is 10.2. The van der Waals surface area contributed by atoms with Gasteiger partial charge in [0.1, 0.15) is 23.1 Å². The Kier molecular flexibility index (Phi) is 2.34. The summed E-state index contributed by atoms with van der Waals surface area (Å²) >= 11 is 0. The third kappa shape index (κ3) is 1.54. The van der Waals surface area contributed by atoms with E-state index in [9.17, 15) is 20.1 Å². The zero-order valence-corrected chi connectivity index (χ0v) is 10.2. The number of nitrogens with zero attached hydrogens (tertiary/aromatic N) is 2. The van der Waals surface area contributed by atoms with Gasteiger partial charge in [0.2, 0.25) is 0 Å². The van der Waals surface area contributed by atoms with Crippen LogP contribution in [0.5, 0.6) is 0 Å². The maximum absolute atomic E-state index is 11.8. The molecule has 2 heterocycles. The van der Waals surface area contributed by atoms with Crippen LogP contribution in [0.25, 0.3) is 0 Å². The van der Waals surface area contributed by atoms with E-state index >= 15 is 0 Å². The molecule has 0 radical (unpaired) electrons. The van der Waals surface area contributed by atoms with Crippen LogP contribution >= 0.6 is 0 Å². The largest absolute Gasteiger partial charge is 0.390 e. The van der Waals surface area contributed by atoms with Crippen molar-refractivity contribution >= 4 is 5.82 Å². The first-order chi connectivity index (χ1) is 8.79. The molecule has 0 aromatic carbocycles. The van der Waals surface area contributed by atoms with Crippen LogP contribution in [0, 0.1) is 0 Å². The molecule has 3 rings (SSSR count). The van der Waals surface area contributed by atoms with Gasteiger partial charge in [-0.25, -0.2) is 4.79 Å². The Hall–Kier alpha value is -1.48. The molecule has 8 nitrogen and oxygen atoms in total. The lowest BCUT2D eigenvalue weighted by Gasteiger charge is -2.27. The fourth-order valence-corrected chi connectivity index (χ4v) is 2.63. The minimum atomic E-state index is -1.71. The van der Waals surface area contributed by atoms with Crippen molar-refractivity contribution in [2.75, 3.05) is 5.73 Å². The van der Waals surface area contributed by atoms with Crippen molar-refractivity contribution < 1.29 is 20.1 Å². The van der Waals surface area contributed by atoms with Crippen LogP contribution in [0.3, 0.4) is 0 Å². The molecule has 1 aliphatic heterocycles. The maximum atomic E-state index is 11.8. The molecule has 1 saturated heterocycles. The first-order valence-corrected chi connectivity index (χ1v) is 5.90. The molecule has 2 unspecified atom stereocenters. The van der Waals surface area contributed by atoms with Gasteiger partial charge in [-0.3, -0.25) is 4.57 Å². The molecular weight excluding hydrogens is 254 g/mol. The lowest BCUT2D eigenvalue weighted by atomic mass is 9.95. The highest BCUT2D eigenvalue weighted by atomic mass is 16.6. The second kappa shape index (κ2) is 3.54. The first-order valence-electron chi connectivity index (χ1n) is 5.90. The van der Waals surface area contributed by atoms with Gasteiger partial charge < -0.3 is 25.8 Å². The van der Waals surface area contributed by atoms with Crippen LogP contribution in [0.4, 0.5) is 5.82 Å². The minimum Gasteiger partial charge on any atom is -0.390 e. The summed E-state index contributed by atoms with van der Waals surface area (Å²) in [6.45, 7) is 1.35. The predicted octanol–water partition coefficient (Wildman–Crippen LogP) is -2.03. The van der Waals surface area contributed by atoms with Gasteiger partial charge in [0.05, 0.1) is 6.10 Å². The van der Waals surface area contributed by atoms with Gasteiger partial charge in [-0.1, -0.05) is 0 Å². The van der Waals surface area contributed by atoms with Crippen molar-refractivity contribution in [1.82, 2.24) is 9.55 Å². The van der Waals surface area contributed by atoms with E-state index in [1.165, 1.54) is 19.2 Å². The van der Waals surface area contributed by atoms with Crippen LogP contribution in [-0.2, 0) is 4.74 Å². The molecule has 5 N–H and O–H groups in total. The van der Waals surface area contributed by atoms with E-state index in [2.05, 4.69) is 4.98 Å². The van der Waals surface area contributed by atoms with E-state index in [-0.39, 0.29) is 12.2 Å². The fourth-order valence-electron chi connectivity index (χ4n) is 2.63. The Morgan fingerprint density at radius 1 is 1.58 bits per heavy atom.